The molecule has 0 fully saturated rings. The molecule has 0 aliphatic heterocycles. The SMILES string of the molecule is CN(CCCNCc1cn(C)nc1-c1cc2ccccc2o1)S(C)(=O)=O. The van der Waals surface area contributed by atoms with E-state index in [-0.39, 0.29) is 0 Å². The van der Waals surface area contributed by atoms with Crippen molar-refractivity contribution in [3.8, 4) is 11.5 Å². The van der Waals surface area contributed by atoms with Crippen LogP contribution in [0.5, 0.6) is 0 Å². The largest absolute Gasteiger partial charge is 0.454 e. The molecule has 3 aromatic rings. The Bertz CT molecular complexity index is 958. The second-order valence-electron chi connectivity index (χ2n) is 6.44. The number of nitrogens with one attached hydrogen (secondary N) is 1. The van der Waals surface area contributed by atoms with E-state index in [0.717, 1.165) is 34.4 Å². The number of nitrogens with zero attached hydrogens (tertiary/aromatic N) is 3. The molecule has 0 amide bonds. The highest BCUT2D eigenvalue weighted by atomic mass is 32.2. The Morgan fingerprint density at radius 3 is 2.81 bits per heavy atom. The van der Waals surface area contributed by atoms with Crippen molar-refractivity contribution in [1.29, 1.82) is 0 Å². The predicted molar refractivity (Wildman–Crippen MR) is 102 cm³/mol. The van der Waals surface area contributed by atoms with Crippen LogP contribution in [0.1, 0.15) is 12.0 Å². The lowest BCUT2D eigenvalue weighted by Crippen LogP contribution is -2.28. The summed E-state index contributed by atoms with van der Waals surface area (Å²) >= 11 is 0. The fraction of sp³-hybridized carbons (Fsp3) is 0.389. The van der Waals surface area contributed by atoms with Gasteiger partial charge in [-0.05, 0) is 25.1 Å². The third-order valence-electron chi connectivity index (χ3n) is 4.27. The van der Waals surface area contributed by atoms with Gasteiger partial charge in [0.2, 0.25) is 10.0 Å². The second-order valence-corrected chi connectivity index (χ2v) is 8.53. The maximum Gasteiger partial charge on any atom is 0.210 e. The number of para-hydroxylation sites is 1. The normalized spacial score (nSPS) is 12.3. The van der Waals surface area contributed by atoms with Gasteiger partial charge < -0.3 is 9.73 Å². The monoisotopic (exact) mass is 376 g/mol. The van der Waals surface area contributed by atoms with Crippen LogP contribution in [-0.4, -0.2) is 48.9 Å². The van der Waals surface area contributed by atoms with Crippen LogP contribution in [0.2, 0.25) is 0 Å². The highest BCUT2D eigenvalue weighted by molar-refractivity contribution is 7.88. The molecule has 0 aliphatic rings. The average Bonchev–Trinajstić information content (AvgIpc) is 3.16. The van der Waals surface area contributed by atoms with Crippen molar-refractivity contribution >= 4 is 21.0 Å². The Morgan fingerprint density at radius 1 is 1.31 bits per heavy atom. The molecule has 1 aromatic carbocycles. The molecule has 7 nitrogen and oxygen atoms in total. The lowest BCUT2D eigenvalue weighted by atomic mass is 10.2. The molecule has 0 saturated carbocycles. The molecular weight excluding hydrogens is 352 g/mol. The molecule has 140 valence electrons. The van der Waals surface area contributed by atoms with Gasteiger partial charge in [-0.25, -0.2) is 12.7 Å². The van der Waals surface area contributed by atoms with E-state index in [2.05, 4.69) is 10.4 Å². The molecule has 2 heterocycles. The molecule has 0 atom stereocenters. The van der Waals surface area contributed by atoms with Crippen molar-refractivity contribution in [2.45, 2.75) is 13.0 Å². The number of furan rings is 1. The summed E-state index contributed by atoms with van der Waals surface area (Å²) in [6.45, 7) is 1.85. The molecule has 0 aliphatic carbocycles. The quantitative estimate of drug-likeness (QED) is 0.610. The van der Waals surface area contributed by atoms with Gasteiger partial charge in [0.25, 0.3) is 0 Å². The van der Waals surface area contributed by atoms with Crippen LogP contribution in [0, 0.1) is 0 Å². The average molecular weight is 376 g/mol. The van der Waals surface area contributed by atoms with Gasteiger partial charge in [0, 0.05) is 44.3 Å². The van der Waals surface area contributed by atoms with Crippen LogP contribution in [0.3, 0.4) is 0 Å². The number of rotatable bonds is 8. The number of aryl methyl sites for hydroxylation is 1. The highest BCUT2D eigenvalue weighted by Gasteiger charge is 2.15. The molecule has 1 N–H and O–H groups in total. The summed E-state index contributed by atoms with van der Waals surface area (Å²) in [7, 11) is 0.364. The number of benzene rings is 1. The van der Waals surface area contributed by atoms with Crippen molar-refractivity contribution < 1.29 is 12.8 Å². The Hall–Kier alpha value is -2.16. The minimum atomic E-state index is -3.11. The summed E-state index contributed by atoms with van der Waals surface area (Å²) in [5, 5.41) is 8.93. The lowest BCUT2D eigenvalue weighted by molar-refractivity contribution is 0.458. The Kier molecular flexibility index (Phi) is 5.45. The zero-order valence-corrected chi connectivity index (χ0v) is 16.1. The maximum atomic E-state index is 11.4. The van der Waals surface area contributed by atoms with E-state index >= 15 is 0 Å². The van der Waals surface area contributed by atoms with Crippen LogP contribution in [0.15, 0.2) is 40.9 Å². The first-order chi connectivity index (χ1) is 12.3. The molecule has 0 saturated heterocycles. The number of sulfonamides is 1. The Morgan fingerprint density at radius 2 is 2.08 bits per heavy atom. The van der Waals surface area contributed by atoms with E-state index in [1.807, 2.05) is 43.6 Å². The van der Waals surface area contributed by atoms with Crippen LogP contribution in [0.4, 0.5) is 0 Å². The molecular formula is C18H24N4O3S. The second kappa shape index (κ2) is 7.61. The summed E-state index contributed by atoms with van der Waals surface area (Å²) in [5.41, 5.74) is 2.71. The molecule has 2 aromatic heterocycles. The van der Waals surface area contributed by atoms with Gasteiger partial charge in [0.15, 0.2) is 5.76 Å². The maximum absolute atomic E-state index is 11.4. The highest BCUT2D eigenvalue weighted by Crippen LogP contribution is 2.28. The molecule has 0 bridgehead atoms. The van der Waals surface area contributed by atoms with Crippen LogP contribution in [0.25, 0.3) is 22.4 Å². The van der Waals surface area contributed by atoms with Crippen molar-refractivity contribution in [2.24, 2.45) is 7.05 Å². The number of fused-ring (bicyclic) bond motifs is 1. The topological polar surface area (TPSA) is 80.4 Å². The van der Waals surface area contributed by atoms with E-state index in [9.17, 15) is 8.42 Å². The Balaban J connectivity index is 1.63. The van der Waals surface area contributed by atoms with Gasteiger partial charge in [-0.1, -0.05) is 18.2 Å². The van der Waals surface area contributed by atoms with Crippen molar-refractivity contribution in [1.82, 2.24) is 19.4 Å². The van der Waals surface area contributed by atoms with Gasteiger partial charge in [0.1, 0.15) is 11.3 Å². The first-order valence-electron chi connectivity index (χ1n) is 8.48. The summed E-state index contributed by atoms with van der Waals surface area (Å²) in [6.07, 6.45) is 3.93. The standard InChI is InChI=1S/C18H24N4O3S/c1-21-13-15(12-19-9-6-10-22(2)26(3,23)24)18(20-21)17-11-14-7-4-5-8-16(14)25-17/h4-5,7-8,11,13,19H,6,9-10,12H2,1-3H3. The van der Waals surface area contributed by atoms with Gasteiger partial charge in [-0.3, -0.25) is 4.68 Å². The fourth-order valence-corrected chi connectivity index (χ4v) is 3.25. The molecule has 0 unspecified atom stereocenters. The Labute approximate surface area is 153 Å². The molecule has 26 heavy (non-hydrogen) atoms. The summed E-state index contributed by atoms with van der Waals surface area (Å²) in [6, 6.07) is 9.89. The molecule has 8 heteroatoms. The molecule has 0 radical (unpaired) electrons. The predicted octanol–water partition coefficient (Wildman–Crippen LogP) is 2.20. The van der Waals surface area contributed by atoms with Gasteiger partial charge in [-0.2, -0.15) is 5.10 Å². The van der Waals surface area contributed by atoms with E-state index in [4.69, 9.17) is 4.42 Å². The van der Waals surface area contributed by atoms with Crippen molar-refractivity contribution in [2.75, 3.05) is 26.4 Å². The third kappa shape index (κ3) is 4.32. The molecule has 3 rings (SSSR count). The third-order valence-corrected chi connectivity index (χ3v) is 5.59. The number of aromatic nitrogens is 2. The number of hydrogen-bond donors (Lipinski definition) is 1. The van der Waals surface area contributed by atoms with Crippen LogP contribution in [-0.2, 0) is 23.6 Å². The van der Waals surface area contributed by atoms with Gasteiger partial charge in [-0.15, -0.1) is 0 Å². The number of hydrogen-bond acceptors (Lipinski definition) is 5. The van der Waals surface area contributed by atoms with E-state index in [1.165, 1.54) is 10.6 Å². The molecule has 0 spiro atoms. The zero-order valence-electron chi connectivity index (χ0n) is 15.3. The van der Waals surface area contributed by atoms with E-state index in [1.54, 1.807) is 11.7 Å². The van der Waals surface area contributed by atoms with Crippen molar-refractivity contribution in [3.05, 3.63) is 42.1 Å². The lowest BCUT2D eigenvalue weighted by Gasteiger charge is -2.13. The van der Waals surface area contributed by atoms with Crippen LogP contribution < -0.4 is 5.32 Å². The van der Waals surface area contributed by atoms with E-state index < -0.39 is 10.0 Å². The van der Waals surface area contributed by atoms with Gasteiger partial charge in [0.05, 0.1) is 6.26 Å². The van der Waals surface area contributed by atoms with Crippen molar-refractivity contribution in [3.63, 3.8) is 0 Å². The smallest absolute Gasteiger partial charge is 0.210 e. The van der Waals surface area contributed by atoms with Crippen LogP contribution >= 0.6 is 0 Å². The summed E-state index contributed by atoms with van der Waals surface area (Å²) in [4.78, 5) is 0. The summed E-state index contributed by atoms with van der Waals surface area (Å²) in [5.74, 6) is 0.750. The van der Waals surface area contributed by atoms with Gasteiger partial charge >= 0.3 is 0 Å². The minimum Gasteiger partial charge on any atom is -0.454 e. The van der Waals surface area contributed by atoms with E-state index in [0.29, 0.717) is 19.6 Å². The minimum absolute atomic E-state index is 0.495. The summed E-state index contributed by atoms with van der Waals surface area (Å²) < 4.78 is 31.8. The fourth-order valence-electron chi connectivity index (χ4n) is 2.79. The zero-order chi connectivity index (χ0) is 18.7. The first kappa shape index (κ1) is 18.6. The first-order valence-corrected chi connectivity index (χ1v) is 10.3.